The molecule has 3 rings (SSSR count). The number of likely N-dealkylation sites (tertiary alicyclic amines) is 1. The third-order valence-electron chi connectivity index (χ3n) is 5.42. The monoisotopic (exact) mass is 352 g/mol. The minimum absolute atomic E-state index is 0.0668. The molecule has 138 valence electrons. The summed E-state index contributed by atoms with van der Waals surface area (Å²) in [7, 11) is 0. The topological polar surface area (TPSA) is 32.8 Å². The van der Waals surface area contributed by atoms with E-state index in [-0.39, 0.29) is 23.4 Å². The molecule has 4 nitrogen and oxygen atoms in total. The van der Waals surface area contributed by atoms with Gasteiger partial charge in [-0.3, -0.25) is 4.79 Å². The number of nitrogens with zero attached hydrogens (tertiary/aromatic N) is 2. The first-order valence-corrected chi connectivity index (χ1v) is 9.05. The van der Waals surface area contributed by atoms with Gasteiger partial charge in [-0.15, -0.1) is 0 Å². The molecule has 1 aromatic rings. The zero-order valence-corrected chi connectivity index (χ0v) is 14.9. The van der Waals surface area contributed by atoms with Crippen LogP contribution in [0.25, 0.3) is 0 Å². The van der Waals surface area contributed by atoms with Crippen LogP contribution in [0.2, 0.25) is 0 Å². The van der Waals surface area contributed by atoms with Gasteiger partial charge in [-0.25, -0.2) is 8.78 Å². The van der Waals surface area contributed by atoms with Gasteiger partial charge in [0.25, 0.3) is 5.91 Å². The molecule has 2 aliphatic rings. The standard InChI is InChI=1S/C19H26F2N2O2/c1-3-23-13-19(25-14(2)18(23)24)7-10-22(11-8-19)9-6-15-12-16(20)4-5-17(15)21/h4-5,12,14H,3,6-11,13H2,1-2H3/t14-/m0/s1. The number of piperidine rings is 1. The Kier molecular flexibility index (Phi) is 5.39. The molecule has 1 spiro atoms. The lowest BCUT2D eigenvalue weighted by Gasteiger charge is -2.49. The number of rotatable bonds is 4. The van der Waals surface area contributed by atoms with Crippen molar-refractivity contribution in [2.75, 3.05) is 32.7 Å². The highest BCUT2D eigenvalue weighted by Crippen LogP contribution is 2.32. The Hall–Kier alpha value is -1.53. The molecular weight excluding hydrogens is 326 g/mol. The Bertz CT molecular complexity index is 630. The minimum atomic E-state index is -0.400. The van der Waals surface area contributed by atoms with Crippen LogP contribution >= 0.6 is 0 Å². The predicted octanol–water partition coefficient (Wildman–Crippen LogP) is 2.61. The second kappa shape index (κ2) is 7.38. The summed E-state index contributed by atoms with van der Waals surface area (Å²) in [6.45, 7) is 7.56. The van der Waals surface area contributed by atoms with Gasteiger partial charge in [-0.05, 0) is 56.9 Å². The molecule has 0 N–H and O–H groups in total. The summed E-state index contributed by atoms with van der Waals surface area (Å²) < 4.78 is 33.1. The number of ether oxygens (including phenoxy) is 1. The fraction of sp³-hybridized carbons (Fsp3) is 0.632. The SMILES string of the molecule is CCN1CC2(CCN(CCc3cc(F)ccc3F)CC2)O[C@@H](C)C1=O. The average Bonchev–Trinajstić information content (AvgIpc) is 2.60. The third-order valence-corrected chi connectivity index (χ3v) is 5.42. The van der Waals surface area contributed by atoms with Crippen LogP contribution in [0, 0.1) is 11.6 Å². The van der Waals surface area contributed by atoms with Crippen molar-refractivity contribution in [1.29, 1.82) is 0 Å². The van der Waals surface area contributed by atoms with Crippen LogP contribution in [-0.4, -0.2) is 60.1 Å². The van der Waals surface area contributed by atoms with Gasteiger partial charge in [-0.2, -0.15) is 0 Å². The number of hydrogen-bond donors (Lipinski definition) is 0. The number of likely N-dealkylation sites (N-methyl/N-ethyl adjacent to an activating group) is 1. The van der Waals surface area contributed by atoms with Crippen molar-refractivity contribution < 1.29 is 18.3 Å². The molecule has 2 aliphatic heterocycles. The Morgan fingerprint density at radius 2 is 2.00 bits per heavy atom. The van der Waals surface area contributed by atoms with E-state index < -0.39 is 5.82 Å². The zero-order valence-electron chi connectivity index (χ0n) is 14.9. The first kappa shape index (κ1) is 18.3. The Morgan fingerprint density at radius 1 is 1.28 bits per heavy atom. The number of carbonyl (C=O) groups excluding carboxylic acids is 1. The summed E-state index contributed by atoms with van der Waals surface area (Å²) in [5.41, 5.74) is 0.162. The summed E-state index contributed by atoms with van der Waals surface area (Å²) in [6, 6.07) is 3.60. The summed E-state index contributed by atoms with van der Waals surface area (Å²) in [5.74, 6) is -0.684. The molecule has 1 atom stereocenters. The van der Waals surface area contributed by atoms with Crippen molar-refractivity contribution in [1.82, 2.24) is 9.80 Å². The lowest BCUT2D eigenvalue weighted by molar-refractivity contribution is -0.189. The molecule has 0 bridgehead atoms. The molecule has 2 saturated heterocycles. The quantitative estimate of drug-likeness (QED) is 0.835. The van der Waals surface area contributed by atoms with Gasteiger partial charge in [0.15, 0.2) is 0 Å². The van der Waals surface area contributed by atoms with E-state index in [1.807, 2.05) is 18.7 Å². The first-order chi connectivity index (χ1) is 11.9. The van der Waals surface area contributed by atoms with Gasteiger partial charge in [0, 0.05) is 32.7 Å². The molecule has 2 heterocycles. The highest BCUT2D eigenvalue weighted by Gasteiger charge is 2.44. The average molecular weight is 352 g/mol. The highest BCUT2D eigenvalue weighted by atomic mass is 19.1. The number of halogens is 2. The van der Waals surface area contributed by atoms with Gasteiger partial charge in [0.05, 0.1) is 5.60 Å². The van der Waals surface area contributed by atoms with Crippen LogP contribution in [0.15, 0.2) is 18.2 Å². The van der Waals surface area contributed by atoms with Gasteiger partial charge in [0.2, 0.25) is 0 Å². The van der Waals surface area contributed by atoms with Crippen molar-refractivity contribution in [3.63, 3.8) is 0 Å². The number of hydrogen-bond acceptors (Lipinski definition) is 3. The number of amides is 1. The molecule has 25 heavy (non-hydrogen) atoms. The smallest absolute Gasteiger partial charge is 0.251 e. The molecule has 0 unspecified atom stereocenters. The lowest BCUT2D eigenvalue weighted by Crippen LogP contribution is -2.61. The van der Waals surface area contributed by atoms with Crippen LogP contribution in [0.4, 0.5) is 8.78 Å². The summed E-state index contributed by atoms with van der Waals surface area (Å²) in [4.78, 5) is 16.2. The fourth-order valence-electron chi connectivity index (χ4n) is 3.89. The maximum absolute atomic E-state index is 13.7. The van der Waals surface area contributed by atoms with E-state index in [0.717, 1.165) is 32.0 Å². The maximum Gasteiger partial charge on any atom is 0.251 e. The van der Waals surface area contributed by atoms with Crippen molar-refractivity contribution in [3.05, 3.63) is 35.4 Å². The second-order valence-corrected chi connectivity index (χ2v) is 7.12. The molecule has 1 aromatic carbocycles. The first-order valence-electron chi connectivity index (χ1n) is 9.05. The summed E-state index contributed by atoms with van der Waals surface area (Å²) in [5, 5.41) is 0. The Labute approximate surface area is 147 Å². The van der Waals surface area contributed by atoms with E-state index in [1.54, 1.807) is 0 Å². The van der Waals surface area contributed by atoms with Crippen LogP contribution in [0.5, 0.6) is 0 Å². The molecule has 6 heteroatoms. The van der Waals surface area contributed by atoms with Crippen LogP contribution in [0.3, 0.4) is 0 Å². The van der Waals surface area contributed by atoms with Crippen molar-refractivity contribution in [3.8, 4) is 0 Å². The largest absolute Gasteiger partial charge is 0.360 e. The molecular formula is C19H26F2N2O2. The van der Waals surface area contributed by atoms with E-state index in [4.69, 9.17) is 4.74 Å². The lowest BCUT2D eigenvalue weighted by atomic mass is 9.88. The molecule has 0 aliphatic carbocycles. The van der Waals surface area contributed by atoms with Gasteiger partial charge >= 0.3 is 0 Å². The zero-order chi connectivity index (χ0) is 18.0. The van der Waals surface area contributed by atoms with E-state index in [0.29, 0.717) is 31.6 Å². The fourth-order valence-corrected chi connectivity index (χ4v) is 3.89. The highest BCUT2D eigenvalue weighted by molar-refractivity contribution is 5.81. The van der Waals surface area contributed by atoms with Crippen molar-refractivity contribution >= 4 is 5.91 Å². The van der Waals surface area contributed by atoms with Crippen LogP contribution in [0.1, 0.15) is 32.3 Å². The van der Waals surface area contributed by atoms with Gasteiger partial charge in [0.1, 0.15) is 17.7 Å². The Morgan fingerprint density at radius 3 is 2.68 bits per heavy atom. The summed E-state index contributed by atoms with van der Waals surface area (Å²) >= 11 is 0. The molecule has 0 saturated carbocycles. The number of benzene rings is 1. The number of morpholine rings is 1. The molecule has 1 amide bonds. The molecule has 0 aromatic heterocycles. The Balaban J connectivity index is 1.55. The minimum Gasteiger partial charge on any atom is -0.360 e. The normalized spacial score (nSPS) is 24.1. The van der Waals surface area contributed by atoms with E-state index in [2.05, 4.69) is 4.90 Å². The molecule has 0 radical (unpaired) electrons. The molecule has 2 fully saturated rings. The number of carbonyl (C=O) groups is 1. The van der Waals surface area contributed by atoms with Crippen LogP contribution in [-0.2, 0) is 16.0 Å². The third kappa shape index (κ3) is 4.01. The summed E-state index contributed by atoms with van der Waals surface area (Å²) in [6.07, 6.45) is 1.81. The van der Waals surface area contributed by atoms with Crippen molar-refractivity contribution in [2.45, 2.75) is 44.8 Å². The second-order valence-electron chi connectivity index (χ2n) is 7.12. The van der Waals surface area contributed by atoms with Crippen molar-refractivity contribution in [2.24, 2.45) is 0 Å². The van der Waals surface area contributed by atoms with Gasteiger partial charge < -0.3 is 14.5 Å². The van der Waals surface area contributed by atoms with E-state index in [1.165, 1.54) is 12.1 Å². The van der Waals surface area contributed by atoms with E-state index in [9.17, 15) is 13.6 Å². The maximum atomic E-state index is 13.7. The van der Waals surface area contributed by atoms with E-state index >= 15 is 0 Å². The van der Waals surface area contributed by atoms with Gasteiger partial charge in [-0.1, -0.05) is 0 Å². The predicted molar refractivity (Wildman–Crippen MR) is 91.3 cm³/mol. The van der Waals surface area contributed by atoms with Crippen LogP contribution < -0.4 is 0 Å².